The quantitative estimate of drug-likeness (QED) is 0.797. The number of aromatic nitrogens is 2. The summed E-state index contributed by atoms with van der Waals surface area (Å²) in [5, 5.41) is 5.92. The summed E-state index contributed by atoms with van der Waals surface area (Å²) in [6.07, 6.45) is 0. The number of nitrogens with one attached hydrogen (secondary N) is 1. The third-order valence-corrected chi connectivity index (χ3v) is 3.17. The van der Waals surface area contributed by atoms with Crippen LogP contribution in [0.4, 0.5) is 13.2 Å². The minimum Gasteiger partial charge on any atom is -0.345 e. The molecule has 0 aliphatic rings. The molecule has 0 spiro atoms. The van der Waals surface area contributed by atoms with E-state index in [-0.39, 0.29) is 23.8 Å². The van der Waals surface area contributed by atoms with Crippen molar-refractivity contribution in [1.82, 2.24) is 15.5 Å². The Balaban J connectivity index is 1.68. The lowest BCUT2D eigenvalue weighted by Crippen LogP contribution is -2.24. The fourth-order valence-electron chi connectivity index (χ4n) is 1.95. The van der Waals surface area contributed by atoms with E-state index in [2.05, 4.69) is 15.5 Å². The molecule has 0 atom stereocenters. The number of hydrogen-bond donors (Lipinski definition) is 1. The second-order valence-corrected chi connectivity index (χ2v) is 4.85. The van der Waals surface area contributed by atoms with Gasteiger partial charge in [-0.1, -0.05) is 11.2 Å². The Kier molecular flexibility index (Phi) is 4.28. The molecule has 1 heterocycles. The minimum absolute atomic E-state index is 0.0492. The van der Waals surface area contributed by atoms with Crippen LogP contribution in [0.2, 0.25) is 0 Å². The zero-order valence-electron chi connectivity index (χ0n) is 12.1. The van der Waals surface area contributed by atoms with E-state index in [9.17, 15) is 18.0 Å². The molecule has 0 aliphatic heterocycles. The average Bonchev–Trinajstić information content (AvgIpc) is 3.04. The van der Waals surface area contributed by atoms with Crippen LogP contribution in [0.1, 0.15) is 16.2 Å². The lowest BCUT2D eigenvalue weighted by atomic mass is 10.2. The first-order chi connectivity index (χ1) is 11.5. The second-order valence-electron chi connectivity index (χ2n) is 4.85. The Morgan fingerprint density at radius 3 is 2.46 bits per heavy atom. The number of carbonyl (C=O) groups is 1. The monoisotopic (exact) mass is 333 g/mol. The van der Waals surface area contributed by atoms with Gasteiger partial charge in [-0.2, -0.15) is 4.98 Å². The second kappa shape index (κ2) is 6.53. The molecule has 1 amide bonds. The third kappa shape index (κ3) is 3.43. The Hall–Kier alpha value is -3.16. The molecule has 0 saturated heterocycles. The standard InChI is InChI=1S/C16H10F3N3O2/c17-11-4-1-9(2-5-11)16-21-14(22-24-16)15(23)20-8-10-3-6-12(18)7-13(10)19/h1-7H,8H2,(H,20,23). The highest BCUT2D eigenvalue weighted by atomic mass is 19.1. The number of rotatable bonds is 4. The summed E-state index contributed by atoms with van der Waals surface area (Å²) in [5.74, 6) is -2.78. The lowest BCUT2D eigenvalue weighted by Gasteiger charge is -2.04. The van der Waals surface area contributed by atoms with Crippen molar-refractivity contribution in [2.24, 2.45) is 0 Å². The van der Waals surface area contributed by atoms with E-state index in [1.54, 1.807) is 0 Å². The van der Waals surface area contributed by atoms with E-state index in [4.69, 9.17) is 4.52 Å². The van der Waals surface area contributed by atoms with E-state index in [0.717, 1.165) is 12.1 Å². The van der Waals surface area contributed by atoms with Gasteiger partial charge in [0, 0.05) is 23.7 Å². The van der Waals surface area contributed by atoms with Crippen molar-refractivity contribution in [3.63, 3.8) is 0 Å². The average molecular weight is 333 g/mol. The van der Waals surface area contributed by atoms with E-state index < -0.39 is 23.4 Å². The molecule has 3 rings (SSSR count). The van der Waals surface area contributed by atoms with Gasteiger partial charge in [0.1, 0.15) is 17.5 Å². The van der Waals surface area contributed by atoms with Gasteiger partial charge in [-0.3, -0.25) is 4.79 Å². The van der Waals surface area contributed by atoms with Crippen molar-refractivity contribution in [3.05, 3.63) is 71.3 Å². The Bertz CT molecular complexity index is 879. The predicted molar refractivity (Wildman–Crippen MR) is 77.2 cm³/mol. The summed E-state index contributed by atoms with van der Waals surface area (Å²) in [5.41, 5.74) is 0.569. The van der Waals surface area contributed by atoms with Crippen molar-refractivity contribution in [2.45, 2.75) is 6.54 Å². The summed E-state index contributed by atoms with van der Waals surface area (Å²) in [6.45, 7) is -0.161. The summed E-state index contributed by atoms with van der Waals surface area (Å²) in [6, 6.07) is 8.34. The van der Waals surface area contributed by atoms with Gasteiger partial charge >= 0.3 is 0 Å². The first-order valence-corrected chi connectivity index (χ1v) is 6.85. The molecular weight excluding hydrogens is 323 g/mol. The Morgan fingerprint density at radius 1 is 1.04 bits per heavy atom. The fourth-order valence-corrected chi connectivity index (χ4v) is 1.95. The molecule has 1 N–H and O–H groups in total. The van der Waals surface area contributed by atoms with Crippen LogP contribution in [0.25, 0.3) is 11.5 Å². The SMILES string of the molecule is O=C(NCc1ccc(F)cc1F)c1noc(-c2ccc(F)cc2)n1. The number of nitrogens with zero attached hydrogens (tertiary/aromatic N) is 2. The molecule has 122 valence electrons. The molecule has 3 aromatic rings. The fraction of sp³-hybridized carbons (Fsp3) is 0.0625. The molecule has 1 aromatic heterocycles. The molecule has 0 radical (unpaired) electrons. The molecule has 0 bridgehead atoms. The molecule has 5 nitrogen and oxygen atoms in total. The van der Waals surface area contributed by atoms with E-state index >= 15 is 0 Å². The summed E-state index contributed by atoms with van der Waals surface area (Å²) in [4.78, 5) is 15.8. The molecule has 0 fully saturated rings. The maximum Gasteiger partial charge on any atom is 0.292 e. The molecular formula is C16H10F3N3O2. The van der Waals surface area contributed by atoms with Gasteiger partial charge in [-0.05, 0) is 30.3 Å². The largest absolute Gasteiger partial charge is 0.345 e. The van der Waals surface area contributed by atoms with E-state index in [0.29, 0.717) is 5.56 Å². The number of hydrogen-bond acceptors (Lipinski definition) is 4. The smallest absolute Gasteiger partial charge is 0.292 e. The normalized spacial score (nSPS) is 10.6. The summed E-state index contributed by atoms with van der Waals surface area (Å²) in [7, 11) is 0. The Labute approximate surface area is 134 Å². The van der Waals surface area contributed by atoms with Crippen LogP contribution < -0.4 is 5.32 Å². The van der Waals surface area contributed by atoms with Crippen LogP contribution >= 0.6 is 0 Å². The van der Waals surface area contributed by atoms with Crippen LogP contribution in [-0.4, -0.2) is 16.0 Å². The predicted octanol–water partition coefficient (Wildman–Crippen LogP) is 3.08. The zero-order valence-corrected chi connectivity index (χ0v) is 12.1. The highest BCUT2D eigenvalue weighted by Gasteiger charge is 2.16. The molecule has 0 unspecified atom stereocenters. The first kappa shape index (κ1) is 15.7. The van der Waals surface area contributed by atoms with Crippen molar-refractivity contribution < 1.29 is 22.5 Å². The molecule has 2 aromatic carbocycles. The van der Waals surface area contributed by atoms with E-state index in [1.165, 1.54) is 30.3 Å². The van der Waals surface area contributed by atoms with Gasteiger partial charge in [0.15, 0.2) is 0 Å². The number of amides is 1. The third-order valence-electron chi connectivity index (χ3n) is 3.17. The van der Waals surface area contributed by atoms with Gasteiger partial charge in [0.25, 0.3) is 17.6 Å². The molecule has 24 heavy (non-hydrogen) atoms. The van der Waals surface area contributed by atoms with Gasteiger partial charge in [-0.25, -0.2) is 13.2 Å². The zero-order chi connectivity index (χ0) is 17.1. The van der Waals surface area contributed by atoms with Crippen LogP contribution in [0.15, 0.2) is 47.0 Å². The van der Waals surface area contributed by atoms with Crippen molar-refractivity contribution in [2.75, 3.05) is 0 Å². The van der Waals surface area contributed by atoms with Crippen LogP contribution in [0.3, 0.4) is 0 Å². The van der Waals surface area contributed by atoms with Crippen molar-refractivity contribution >= 4 is 5.91 Å². The van der Waals surface area contributed by atoms with Crippen LogP contribution in [0.5, 0.6) is 0 Å². The highest BCUT2D eigenvalue weighted by Crippen LogP contribution is 2.17. The van der Waals surface area contributed by atoms with Crippen LogP contribution in [0, 0.1) is 17.5 Å². The molecule has 8 heteroatoms. The number of carbonyl (C=O) groups excluding carboxylic acids is 1. The lowest BCUT2D eigenvalue weighted by molar-refractivity contribution is 0.0937. The topological polar surface area (TPSA) is 68.0 Å². The van der Waals surface area contributed by atoms with Gasteiger partial charge in [0.05, 0.1) is 0 Å². The molecule has 0 aliphatic carbocycles. The summed E-state index contributed by atoms with van der Waals surface area (Å²) >= 11 is 0. The van der Waals surface area contributed by atoms with Crippen LogP contribution in [-0.2, 0) is 6.54 Å². The van der Waals surface area contributed by atoms with Gasteiger partial charge in [0.2, 0.25) is 0 Å². The minimum atomic E-state index is -0.768. The first-order valence-electron chi connectivity index (χ1n) is 6.85. The van der Waals surface area contributed by atoms with Crippen molar-refractivity contribution in [3.8, 4) is 11.5 Å². The van der Waals surface area contributed by atoms with E-state index in [1.807, 2.05) is 0 Å². The highest BCUT2D eigenvalue weighted by molar-refractivity contribution is 5.90. The molecule has 0 saturated carbocycles. The van der Waals surface area contributed by atoms with Crippen molar-refractivity contribution in [1.29, 1.82) is 0 Å². The Morgan fingerprint density at radius 2 is 1.75 bits per heavy atom. The van der Waals surface area contributed by atoms with Gasteiger partial charge in [-0.15, -0.1) is 0 Å². The summed E-state index contributed by atoms with van der Waals surface area (Å²) < 4.78 is 44.1. The maximum atomic E-state index is 13.5. The maximum absolute atomic E-state index is 13.5. The van der Waals surface area contributed by atoms with Gasteiger partial charge < -0.3 is 9.84 Å². The number of halogens is 3. The number of benzene rings is 2.